The molecule has 1 aliphatic rings. The molecule has 0 aromatic heterocycles. The van der Waals surface area contributed by atoms with Crippen LogP contribution in [0.4, 0.5) is 0 Å². The summed E-state index contributed by atoms with van der Waals surface area (Å²) in [5, 5.41) is 0. The van der Waals surface area contributed by atoms with E-state index in [9.17, 15) is 0 Å². The van der Waals surface area contributed by atoms with Gasteiger partial charge in [0.05, 0.1) is 0 Å². The van der Waals surface area contributed by atoms with Crippen molar-refractivity contribution < 1.29 is 0 Å². The average Bonchev–Trinajstić information content (AvgIpc) is 2.18. The second-order valence-corrected chi connectivity index (χ2v) is 6.67. The predicted molar refractivity (Wildman–Crippen MR) is 73.1 cm³/mol. The van der Waals surface area contributed by atoms with Crippen LogP contribution in [-0.4, -0.2) is 6.16 Å². The van der Waals surface area contributed by atoms with Crippen LogP contribution in [-0.2, 0) is 0 Å². The molecule has 0 saturated heterocycles. The Labute approximate surface area is 98.8 Å². The van der Waals surface area contributed by atoms with E-state index < -0.39 is 0 Å². The van der Waals surface area contributed by atoms with Crippen LogP contribution in [0.5, 0.6) is 0 Å². The van der Waals surface area contributed by atoms with Gasteiger partial charge in [0.1, 0.15) is 0 Å². The fraction of sp³-hybridized carbons (Fsp3) is 1.00. The summed E-state index contributed by atoms with van der Waals surface area (Å²) < 4.78 is 0. The van der Waals surface area contributed by atoms with Crippen LogP contribution >= 0.6 is 9.24 Å². The van der Waals surface area contributed by atoms with E-state index in [2.05, 4.69) is 43.9 Å². The molecule has 0 aromatic rings. The second kappa shape index (κ2) is 5.67. The molecule has 0 aromatic carbocycles. The van der Waals surface area contributed by atoms with Crippen LogP contribution in [0.2, 0.25) is 0 Å². The molecule has 6 unspecified atom stereocenters. The van der Waals surface area contributed by atoms with E-state index in [1.54, 1.807) is 0 Å². The molecule has 0 N–H and O–H groups in total. The molecule has 0 heterocycles. The van der Waals surface area contributed by atoms with Crippen molar-refractivity contribution in [3.63, 3.8) is 0 Å². The molecule has 1 fully saturated rings. The number of hydrogen-bond donors (Lipinski definition) is 0. The zero-order valence-electron chi connectivity index (χ0n) is 11.2. The zero-order chi connectivity index (χ0) is 11.6. The first-order valence-corrected chi connectivity index (χ1v) is 7.49. The van der Waals surface area contributed by atoms with Gasteiger partial charge in [-0.3, -0.25) is 0 Å². The minimum absolute atomic E-state index is 0.864. The highest BCUT2D eigenvalue weighted by Gasteiger charge is 2.37. The molecule has 0 spiro atoms. The van der Waals surface area contributed by atoms with Gasteiger partial charge >= 0.3 is 0 Å². The molecule has 0 amide bonds. The summed E-state index contributed by atoms with van der Waals surface area (Å²) in [6.45, 7) is 12.1. The van der Waals surface area contributed by atoms with Crippen molar-refractivity contribution in [3.05, 3.63) is 0 Å². The van der Waals surface area contributed by atoms with Crippen LogP contribution in [0.15, 0.2) is 0 Å². The summed E-state index contributed by atoms with van der Waals surface area (Å²) in [5.74, 6) is 5.54. The third-order valence-corrected chi connectivity index (χ3v) is 5.43. The van der Waals surface area contributed by atoms with Gasteiger partial charge in [-0.15, -0.1) is 9.24 Å². The molecule has 15 heavy (non-hydrogen) atoms. The fourth-order valence-electron chi connectivity index (χ4n) is 3.38. The van der Waals surface area contributed by atoms with Crippen LogP contribution in [0.25, 0.3) is 0 Å². The molecule has 0 nitrogen and oxygen atoms in total. The molecule has 0 radical (unpaired) electrons. The smallest absolute Gasteiger partial charge is 0.0348 e. The second-order valence-electron chi connectivity index (χ2n) is 6.20. The molecule has 1 saturated carbocycles. The van der Waals surface area contributed by atoms with Gasteiger partial charge in [-0.25, -0.2) is 0 Å². The van der Waals surface area contributed by atoms with Crippen molar-refractivity contribution >= 4 is 9.24 Å². The minimum Gasteiger partial charge on any atom is -0.137 e. The van der Waals surface area contributed by atoms with Crippen LogP contribution < -0.4 is 0 Å². The van der Waals surface area contributed by atoms with E-state index in [1.165, 1.54) is 19.0 Å². The van der Waals surface area contributed by atoms with Gasteiger partial charge in [-0.1, -0.05) is 34.6 Å². The Morgan fingerprint density at radius 2 is 1.53 bits per heavy atom. The van der Waals surface area contributed by atoms with Crippen molar-refractivity contribution in [1.29, 1.82) is 0 Å². The first-order valence-electron chi connectivity index (χ1n) is 6.67. The zero-order valence-corrected chi connectivity index (χ0v) is 12.3. The minimum atomic E-state index is 0.864. The normalized spacial score (nSPS) is 42.2. The first kappa shape index (κ1) is 13.5. The van der Waals surface area contributed by atoms with E-state index in [1.807, 2.05) is 0 Å². The van der Waals surface area contributed by atoms with Gasteiger partial charge in [-0.2, -0.15) is 0 Å². The summed E-state index contributed by atoms with van der Waals surface area (Å²) in [7, 11) is 2.96. The molecule has 0 bridgehead atoms. The van der Waals surface area contributed by atoms with Gasteiger partial charge in [0.25, 0.3) is 0 Å². The van der Waals surface area contributed by atoms with Crippen LogP contribution in [0, 0.1) is 35.5 Å². The lowest BCUT2D eigenvalue weighted by atomic mass is 9.62. The van der Waals surface area contributed by atoms with Gasteiger partial charge in [0.15, 0.2) is 0 Å². The third-order valence-electron chi connectivity index (χ3n) is 4.83. The van der Waals surface area contributed by atoms with E-state index in [0.717, 1.165) is 35.5 Å². The van der Waals surface area contributed by atoms with E-state index in [4.69, 9.17) is 0 Å². The lowest BCUT2D eigenvalue weighted by molar-refractivity contribution is 0.0661. The highest BCUT2D eigenvalue weighted by molar-refractivity contribution is 7.16. The highest BCUT2D eigenvalue weighted by Crippen LogP contribution is 2.44. The summed E-state index contributed by atoms with van der Waals surface area (Å²) in [6, 6.07) is 0. The van der Waals surface area contributed by atoms with Crippen LogP contribution in [0.3, 0.4) is 0 Å². The van der Waals surface area contributed by atoms with Crippen molar-refractivity contribution in [1.82, 2.24) is 0 Å². The lowest BCUT2D eigenvalue weighted by Crippen LogP contribution is -2.37. The van der Waals surface area contributed by atoms with E-state index in [0.29, 0.717) is 0 Å². The lowest BCUT2D eigenvalue weighted by Gasteiger charge is -2.44. The Morgan fingerprint density at radius 1 is 1.00 bits per heavy atom. The van der Waals surface area contributed by atoms with E-state index in [-0.39, 0.29) is 0 Å². The summed E-state index contributed by atoms with van der Waals surface area (Å²) in [4.78, 5) is 0. The molecule has 6 atom stereocenters. The Bertz CT molecular complexity index is 186. The van der Waals surface area contributed by atoms with Gasteiger partial charge in [0, 0.05) is 0 Å². The maximum Gasteiger partial charge on any atom is -0.0348 e. The van der Waals surface area contributed by atoms with E-state index >= 15 is 0 Å². The van der Waals surface area contributed by atoms with Gasteiger partial charge < -0.3 is 0 Å². The topological polar surface area (TPSA) is 0 Å². The summed E-state index contributed by atoms with van der Waals surface area (Å²) in [6.07, 6.45) is 4.20. The molecular formula is C14H29P. The number of rotatable bonds is 3. The summed E-state index contributed by atoms with van der Waals surface area (Å²) in [5.41, 5.74) is 0. The van der Waals surface area contributed by atoms with Crippen LogP contribution in [0.1, 0.15) is 47.5 Å². The van der Waals surface area contributed by atoms with Gasteiger partial charge in [0.2, 0.25) is 0 Å². The van der Waals surface area contributed by atoms with Gasteiger partial charge in [-0.05, 0) is 54.5 Å². The molecular weight excluding hydrogens is 199 g/mol. The Balaban J connectivity index is 2.65. The highest BCUT2D eigenvalue weighted by atomic mass is 31.0. The van der Waals surface area contributed by atoms with Crippen molar-refractivity contribution in [3.8, 4) is 0 Å². The third kappa shape index (κ3) is 3.19. The molecule has 1 aliphatic carbocycles. The standard InChI is InChI=1S/C14H29P/c1-9(2)6-13-7-14(8-15)12(5)10(3)11(13)4/h9-14H,6-8,15H2,1-5H3. The number of hydrogen-bond acceptors (Lipinski definition) is 0. The molecule has 0 aliphatic heterocycles. The molecule has 1 heteroatoms. The average molecular weight is 228 g/mol. The van der Waals surface area contributed by atoms with Crippen molar-refractivity contribution in [2.24, 2.45) is 35.5 Å². The Morgan fingerprint density at radius 3 is 2.00 bits per heavy atom. The Hall–Kier alpha value is 0.430. The summed E-state index contributed by atoms with van der Waals surface area (Å²) >= 11 is 0. The SMILES string of the molecule is CC(C)CC1CC(CP)C(C)C(C)C1C. The largest absolute Gasteiger partial charge is 0.137 e. The Kier molecular flexibility index (Phi) is 5.10. The fourth-order valence-corrected chi connectivity index (χ4v) is 4.00. The predicted octanol–water partition coefficient (Wildman–Crippen LogP) is 4.45. The first-order chi connectivity index (χ1) is 6.97. The van der Waals surface area contributed by atoms with Crippen molar-refractivity contribution in [2.75, 3.05) is 6.16 Å². The molecule has 90 valence electrons. The van der Waals surface area contributed by atoms with Crippen molar-refractivity contribution in [2.45, 2.75) is 47.5 Å². The maximum absolute atomic E-state index is 2.96. The maximum atomic E-state index is 2.96. The monoisotopic (exact) mass is 228 g/mol. The molecule has 1 rings (SSSR count). The quantitative estimate of drug-likeness (QED) is 0.626.